The summed E-state index contributed by atoms with van der Waals surface area (Å²) in [6, 6.07) is 23.1. The first kappa shape index (κ1) is 41.8. The van der Waals surface area contributed by atoms with Gasteiger partial charge in [0.15, 0.2) is 0 Å². The molecule has 0 spiro atoms. The topological polar surface area (TPSA) is 66.2 Å². The summed E-state index contributed by atoms with van der Waals surface area (Å²) in [6.45, 7) is 4.54. The summed E-state index contributed by atoms with van der Waals surface area (Å²) in [5.74, 6) is 2.38. The Morgan fingerprint density at radius 1 is 0.615 bits per heavy atom. The average molecular weight is 776 g/mol. The van der Waals surface area contributed by atoms with Crippen molar-refractivity contribution in [2.75, 3.05) is 0 Å². The molecule has 0 bridgehead atoms. The molecule has 2 fully saturated rings. The van der Waals surface area contributed by atoms with Gasteiger partial charge in [0.1, 0.15) is 0 Å². The predicted molar refractivity (Wildman–Crippen MR) is 215 cm³/mol. The van der Waals surface area contributed by atoms with Gasteiger partial charge in [-0.3, -0.25) is 0 Å². The maximum absolute atomic E-state index is 13.8. The number of benzene rings is 2. The highest BCUT2D eigenvalue weighted by Crippen LogP contribution is 2.39. The first-order valence-corrected chi connectivity index (χ1v) is 20.5. The van der Waals surface area contributed by atoms with E-state index >= 15 is 0 Å². The van der Waals surface area contributed by atoms with Crippen molar-refractivity contribution < 1.29 is 18.8 Å². The molecule has 4 aromatic rings. The lowest BCUT2D eigenvalue weighted by Crippen LogP contribution is -2.29. The van der Waals surface area contributed by atoms with Crippen molar-refractivity contribution in [2.45, 2.75) is 128 Å². The van der Waals surface area contributed by atoms with Gasteiger partial charge < -0.3 is 10.0 Å². The fourth-order valence-electron chi connectivity index (χ4n) is 7.78. The molecule has 2 saturated carbocycles. The Bertz CT molecular complexity index is 1540. The van der Waals surface area contributed by atoms with Crippen LogP contribution in [0.3, 0.4) is 0 Å². The van der Waals surface area contributed by atoms with Crippen LogP contribution in [0.4, 0.5) is 8.78 Å². The summed E-state index contributed by atoms with van der Waals surface area (Å²) in [5, 5.41) is 18.2. The molecule has 280 valence electrons. The number of pyridine rings is 2. The Labute approximate surface area is 320 Å². The highest BCUT2D eigenvalue weighted by Gasteiger charge is 2.23. The van der Waals surface area contributed by atoms with Crippen molar-refractivity contribution in [1.82, 2.24) is 9.97 Å². The van der Waals surface area contributed by atoms with Crippen LogP contribution >= 0.6 is 15.9 Å². The molecular formula is C44H58BBrF2N2O2. The first-order valence-electron chi connectivity index (χ1n) is 19.7. The van der Waals surface area contributed by atoms with Crippen molar-refractivity contribution in [3.8, 4) is 11.1 Å². The minimum Gasteiger partial charge on any atom is -0.423 e. The van der Waals surface area contributed by atoms with E-state index in [1.165, 1.54) is 126 Å². The summed E-state index contributed by atoms with van der Waals surface area (Å²) in [4.78, 5) is 7.11. The van der Waals surface area contributed by atoms with Crippen molar-refractivity contribution in [3.63, 3.8) is 0 Å². The predicted octanol–water partition coefficient (Wildman–Crippen LogP) is 11.9. The van der Waals surface area contributed by atoms with Crippen LogP contribution in [0.25, 0.3) is 11.1 Å². The fraction of sp³-hybridized carbons (Fsp3) is 0.500. The van der Waals surface area contributed by atoms with Crippen LogP contribution in [-0.4, -0.2) is 27.1 Å². The zero-order valence-corrected chi connectivity index (χ0v) is 32.8. The maximum atomic E-state index is 13.8. The smallest absolute Gasteiger partial charge is 0.423 e. The zero-order chi connectivity index (χ0) is 37.1. The van der Waals surface area contributed by atoms with E-state index in [4.69, 9.17) is 10.0 Å². The molecule has 0 saturated heterocycles. The van der Waals surface area contributed by atoms with Gasteiger partial charge in [-0.05, 0) is 137 Å². The van der Waals surface area contributed by atoms with Gasteiger partial charge in [-0.1, -0.05) is 114 Å². The van der Waals surface area contributed by atoms with Gasteiger partial charge in [0.05, 0.1) is 4.47 Å². The second-order valence-corrected chi connectivity index (χ2v) is 15.6. The molecule has 2 aromatic heterocycles. The van der Waals surface area contributed by atoms with E-state index in [1.54, 1.807) is 24.3 Å². The quantitative estimate of drug-likeness (QED) is 0.0854. The maximum Gasteiger partial charge on any atom is 0.488 e. The van der Waals surface area contributed by atoms with Crippen LogP contribution in [0.1, 0.15) is 140 Å². The molecule has 2 aromatic carbocycles. The van der Waals surface area contributed by atoms with Crippen LogP contribution in [0, 0.1) is 23.7 Å². The standard InChI is InChI=1S/C22H28FN.C17H27BO2.C5H3BrFN/c1-2-3-4-6-17-8-10-18(11-9-17)19-12-14-20(15-13-19)21-7-5-16-24-22(21)23;1-2-3-4-5-14-6-8-15(9-7-14)16-10-12-17(13-11-16)18(19)20;6-4-2-1-3-8-5(4)7/h5,7,12-18H,2-4,6,8-11H2,1H3;10-15,19-20H,2-9H2,1H3;1-3H. The number of hydrogen-bond donors (Lipinski definition) is 2. The second kappa shape index (κ2) is 23.0. The summed E-state index contributed by atoms with van der Waals surface area (Å²) in [5.41, 5.74) is 4.86. The fourth-order valence-corrected chi connectivity index (χ4v) is 8.03. The van der Waals surface area contributed by atoms with Crippen LogP contribution in [0.5, 0.6) is 0 Å². The monoisotopic (exact) mass is 774 g/mol. The van der Waals surface area contributed by atoms with E-state index in [9.17, 15) is 8.78 Å². The molecule has 2 heterocycles. The van der Waals surface area contributed by atoms with Gasteiger partial charge in [-0.2, -0.15) is 8.78 Å². The molecule has 2 aliphatic carbocycles. The number of nitrogens with zero attached hydrogens (tertiary/aromatic N) is 2. The molecule has 4 nitrogen and oxygen atoms in total. The number of aromatic nitrogens is 2. The summed E-state index contributed by atoms with van der Waals surface area (Å²) in [6.07, 6.45) is 24.6. The minimum absolute atomic E-state index is 0.391. The molecule has 0 atom stereocenters. The Balaban J connectivity index is 0.000000194. The third-order valence-corrected chi connectivity index (χ3v) is 11.6. The number of halogens is 3. The van der Waals surface area contributed by atoms with Crippen molar-refractivity contribution in [1.29, 1.82) is 0 Å². The molecule has 0 amide bonds. The molecule has 2 N–H and O–H groups in total. The number of rotatable bonds is 12. The lowest BCUT2D eigenvalue weighted by molar-refractivity contribution is 0.303. The second-order valence-electron chi connectivity index (χ2n) is 14.7. The van der Waals surface area contributed by atoms with E-state index in [1.807, 2.05) is 24.3 Å². The van der Waals surface area contributed by atoms with Gasteiger partial charge in [-0.25, -0.2) is 9.97 Å². The molecule has 2 aliphatic rings. The number of unbranched alkanes of at least 4 members (excludes halogenated alkanes) is 4. The summed E-state index contributed by atoms with van der Waals surface area (Å²) in [7, 11) is -1.35. The van der Waals surface area contributed by atoms with Crippen LogP contribution < -0.4 is 5.46 Å². The molecule has 6 rings (SSSR count). The van der Waals surface area contributed by atoms with Crippen LogP contribution in [0.15, 0.2) is 89.7 Å². The Morgan fingerprint density at radius 2 is 1.08 bits per heavy atom. The third-order valence-electron chi connectivity index (χ3n) is 11.0. The largest absolute Gasteiger partial charge is 0.488 e. The van der Waals surface area contributed by atoms with Crippen LogP contribution in [0.2, 0.25) is 0 Å². The summed E-state index contributed by atoms with van der Waals surface area (Å²) < 4.78 is 26.4. The van der Waals surface area contributed by atoms with Crippen LogP contribution in [-0.2, 0) is 0 Å². The van der Waals surface area contributed by atoms with E-state index in [-0.39, 0.29) is 0 Å². The van der Waals surface area contributed by atoms with Gasteiger partial charge in [0.25, 0.3) is 0 Å². The van der Waals surface area contributed by atoms with Gasteiger partial charge in [0.2, 0.25) is 11.9 Å². The highest BCUT2D eigenvalue weighted by molar-refractivity contribution is 9.10. The van der Waals surface area contributed by atoms with Crippen molar-refractivity contribution in [3.05, 3.63) is 113 Å². The summed E-state index contributed by atoms with van der Waals surface area (Å²) >= 11 is 2.96. The molecular weight excluding hydrogens is 717 g/mol. The molecule has 52 heavy (non-hydrogen) atoms. The average Bonchev–Trinajstić information content (AvgIpc) is 3.18. The third kappa shape index (κ3) is 13.8. The Morgan fingerprint density at radius 3 is 1.48 bits per heavy atom. The molecule has 0 unspecified atom stereocenters. The zero-order valence-electron chi connectivity index (χ0n) is 31.2. The molecule has 0 radical (unpaired) electrons. The first-order chi connectivity index (χ1) is 25.3. The van der Waals surface area contributed by atoms with Gasteiger partial charge in [-0.15, -0.1) is 0 Å². The SMILES string of the molecule is CCCCCC1CCC(c2ccc(-c3cccnc3F)cc2)CC1.CCCCCC1CCC(c2ccc(B(O)O)cc2)CC1.Fc1ncccc1Br. The Hall–Kier alpha value is -2.94. The van der Waals surface area contributed by atoms with Crippen molar-refractivity contribution >= 4 is 28.5 Å². The van der Waals surface area contributed by atoms with E-state index < -0.39 is 19.0 Å². The van der Waals surface area contributed by atoms with Crippen molar-refractivity contribution in [2.24, 2.45) is 11.8 Å². The minimum atomic E-state index is -1.35. The number of hydrogen-bond acceptors (Lipinski definition) is 4. The lowest BCUT2D eigenvalue weighted by Gasteiger charge is -2.29. The normalized spacial score (nSPS) is 19.8. The van der Waals surface area contributed by atoms with E-state index in [0.29, 0.717) is 27.3 Å². The van der Waals surface area contributed by atoms with E-state index in [2.05, 4.69) is 64.0 Å². The lowest BCUT2D eigenvalue weighted by atomic mass is 9.75. The van der Waals surface area contributed by atoms with E-state index in [0.717, 1.165) is 17.4 Å². The highest BCUT2D eigenvalue weighted by atomic mass is 79.9. The van der Waals surface area contributed by atoms with Gasteiger partial charge >= 0.3 is 7.12 Å². The Kier molecular flexibility index (Phi) is 18.5. The molecule has 0 aliphatic heterocycles. The van der Waals surface area contributed by atoms with Gasteiger partial charge in [0, 0.05) is 18.0 Å². The molecule has 8 heteroatoms.